The number of aromatic nitrogens is 2. The molecular formula is C18H24N4O. The predicted molar refractivity (Wildman–Crippen MR) is 90.9 cm³/mol. The highest BCUT2D eigenvalue weighted by atomic mass is 16.2. The second-order valence-electron chi connectivity index (χ2n) is 6.34. The number of likely N-dealkylation sites (N-methyl/N-ethyl adjacent to an activating group) is 1. The third-order valence-corrected chi connectivity index (χ3v) is 4.64. The molecule has 2 aromatic rings. The smallest absolute Gasteiger partial charge is 0.237 e. The Morgan fingerprint density at radius 1 is 1.30 bits per heavy atom. The Labute approximate surface area is 137 Å². The molecule has 5 heteroatoms. The summed E-state index contributed by atoms with van der Waals surface area (Å²) in [6.45, 7) is 3.60. The van der Waals surface area contributed by atoms with E-state index in [4.69, 9.17) is 0 Å². The van der Waals surface area contributed by atoms with Crippen molar-refractivity contribution in [1.29, 1.82) is 0 Å². The molecule has 3 rings (SSSR count). The van der Waals surface area contributed by atoms with Crippen LogP contribution in [0.1, 0.15) is 24.1 Å². The van der Waals surface area contributed by atoms with E-state index in [0.717, 1.165) is 41.9 Å². The zero-order valence-electron chi connectivity index (χ0n) is 14.0. The molecule has 0 bridgehead atoms. The van der Waals surface area contributed by atoms with E-state index >= 15 is 0 Å². The summed E-state index contributed by atoms with van der Waals surface area (Å²) in [5, 5.41) is 3.05. The number of carbonyl (C=O) groups is 1. The lowest BCUT2D eigenvalue weighted by Crippen LogP contribution is -2.41. The molecule has 1 aromatic heterocycles. The van der Waals surface area contributed by atoms with Gasteiger partial charge >= 0.3 is 0 Å². The van der Waals surface area contributed by atoms with Crippen LogP contribution >= 0.6 is 0 Å². The fraction of sp³-hybridized carbons (Fsp3) is 0.444. The number of rotatable bonds is 4. The lowest BCUT2D eigenvalue weighted by molar-refractivity contribution is -0.125. The minimum absolute atomic E-state index is 0.0337. The number of nitrogens with one attached hydrogen (secondary N) is 1. The molecule has 0 saturated carbocycles. The maximum absolute atomic E-state index is 12.2. The van der Waals surface area contributed by atoms with E-state index in [1.54, 1.807) is 0 Å². The number of aryl methyl sites for hydroxylation is 2. The van der Waals surface area contributed by atoms with Crippen molar-refractivity contribution in [2.45, 2.75) is 32.4 Å². The summed E-state index contributed by atoms with van der Waals surface area (Å²) in [6.07, 6.45) is 3.89. The van der Waals surface area contributed by atoms with Gasteiger partial charge in [-0.15, -0.1) is 0 Å². The third kappa shape index (κ3) is 3.29. The van der Waals surface area contributed by atoms with E-state index in [1.807, 2.05) is 31.9 Å². The molecule has 1 aromatic carbocycles. The maximum Gasteiger partial charge on any atom is 0.237 e. The predicted octanol–water partition coefficient (Wildman–Crippen LogP) is 2.11. The minimum Gasteiger partial charge on any atom is -0.351 e. The highest BCUT2D eigenvalue weighted by molar-refractivity contribution is 5.82. The van der Waals surface area contributed by atoms with Crippen molar-refractivity contribution in [3.8, 4) is 11.3 Å². The Morgan fingerprint density at radius 2 is 2.04 bits per heavy atom. The molecule has 1 N–H and O–H groups in total. The first-order valence-electron chi connectivity index (χ1n) is 8.11. The minimum atomic E-state index is 0.0337. The van der Waals surface area contributed by atoms with Gasteiger partial charge in [-0.25, -0.2) is 4.98 Å². The number of carbonyl (C=O) groups excluding carboxylic acids is 1. The van der Waals surface area contributed by atoms with Gasteiger partial charge in [-0.3, -0.25) is 9.69 Å². The molecule has 5 nitrogen and oxygen atoms in total. The quantitative estimate of drug-likeness (QED) is 0.940. The lowest BCUT2D eigenvalue weighted by Gasteiger charge is -2.18. The summed E-state index contributed by atoms with van der Waals surface area (Å²) < 4.78 is 2.03. The van der Waals surface area contributed by atoms with Gasteiger partial charge in [0.05, 0.1) is 23.8 Å². The second-order valence-corrected chi connectivity index (χ2v) is 6.34. The van der Waals surface area contributed by atoms with E-state index in [2.05, 4.69) is 39.5 Å². The van der Waals surface area contributed by atoms with Gasteiger partial charge in [0.25, 0.3) is 0 Å². The fourth-order valence-electron chi connectivity index (χ4n) is 3.29. The summed E-state index contributed by atoms with van der Waals surface area (Å²) in [6, 6.07) is 8.35. The summed E-state index contributed by atoms with van der Waals surface area (Å²) in [4.78, 5) is 18.7. The lowest BCUT2D eigenvalue weighted by atomic mass is 10.1. The summed E-state index contributed by atoms with van der Waals surface area (Å²) >= 11 is 0. The molecular weight excluding hydrogens is 288 g/mol. The normalized spacial score (nSPS) is 18.3. The highest BCUT2D eigenvalue weighted by Crippen LogP contribution is 2.22. The summed E-state index contributed by atoms with van der Waals surface area (Å²) in [5.41, 5.74) is 4.42. The van der Waals surface area contributed by atoms with Crippen molar-refractivity contribution in [3.63, 3.8) is 0 Å². The van der Waals surface area contributed by atoms with E-state index in [-0.39, 0.29) is 11.9 Å². The van der Waals surface area contributed by atoms with Crippen molar-refractivity contribution in [2.75, 3.05) is 13.6 Å². The van der Waals surface area contributed by atoms with Crippen molar-refractivity contribution in [1.82, 2.24) is 19.8 Å². The average Bonchev–Trinajstić information content (AvgIpc) is 3.11. The number of nitrogens with zero attached hydrogens (tertiary/aromatic N) is 3. The zero-order chi connectivity index (χ0) is 16.4. The molecule has 1 unspecified atom stereocenters. The van der Waals surface area contributed by atoms with Crippen molar-refractivity contribution in [2.24, 2.45) is 7.05 Å². The van der Waals surface area contributed by atoms with Crippen LogP contribution < -0.4 is 5.32 Å². The van der Waals surface area contributed by atoms with E-state index in [0.29, 0.717) is 6.54 Å². The van der Waals surface area contributed by atoms with Gasteiger partial charge in [0.2, 0.25) is 5.91 Å². The first-order chi connectivity index (χ1) is 11.1. The Kier molecular flexibility index (Phi) is 4.48. The summed E-state index contributed by atoms with van der Waals surface area (Å²) in [7, 11) is 4.02. The largest absolute Gasteiger partial charge is 0.351 e. The number of hydrogen-bond donors (Lipinski definition) is 1. The van der Waals surface area contributed by atoms with Gasteiger partial charge in [-0.2, -0.15) is 0 Å². The molecule has 23 heavy (non-hydrogen) atoms. The van der Waals surface area contributed by atoms with Crippen LogP contribution in [0.25, 0.3) is 11.3 Å². The number of likely N-dealkylation sites (tertiary alicyclic amines) is 1. The van der Waals surface area contributed by atoms with E-state index < -0.39 is 0 Å². The molecule has 1 aliphatic rings. The topological polar surface area (TPSA) is 50.2 Å². The van der Waals surface area contributed by atoms with Crippen molar-refractivity contribution < 1.29 is 4.79 Å². The molecule has 1 aliphatic heterocycles. The molecule has 1 amide bonds. The van der Waals surface area contributed by atoms with Crippen LogP contribution in [0.2, 0.25) is 0 Å². The zero-order valence-corrected chi connectivity index (χ0v) is 14.0. The van der Waals surface area contributed by atoms with Gasteiger partial charge in [-0.1, -0.05) is 24.3 Å². The van der Waals surface area contributed by atoms with Crippen molar-refractivity contribution >= 4 is 5.91 Å². The Morgan fingerprint density at radius 3 is 2.61 bits per heavy atom. The van der Waals surface area contributed by atoms with Gasteiger partial charge in [0, 0.05) is 19.2 Å². The number of imidazole rings is 1. The highest BCUT2D eigenvalue weighted by Gasteiger charge is 2.27. The van der Waals surface area contributed by atoms with Gasteiger partial charge in [0.15, 0.2) is 0 Å². The van der Waals surface area contributed by atoms with Crippen LogP contribution in [0.5, 0.6) is 0 Å². The Bertz CT molecular complexity index is 670. The standard InChI is InChI=1S/C18H24N4O/c1-13-17(22(3)12-20-13)15-8-6-14(7-9-15)11-19-18(23)16-5-4-10-21(16)2/h6-9,12,16H,4-5,10-11H2,1-3H3,(H,19,23). The fourth-order valence-corrected chi connectivity index (χ4v) is 3.29. The first kappa shape index (κ1) is 15.7. The molecule has 2 heterocycles. The van der Waals surface area contributed by atoms with Crippen LogP contribution in [-0.4, -0.2) is 40.0 Å². The SMILES string of the molecule is Cc1ncn(C)c1-c1ccc(CNC(=O)C2CCCN2C)cc1. The van der Waals surface area contributed by atoms with Gasteiger partial charge in [0.1, 0.15) is 0 Å². The average molecular weight is 312 g/mol. The number of amides is 1. The third-order valence-electron chi connectivity index (χ3n) is 4.64. The maximum atomic E-state index is 12.2. The van der Waals surface area contributed by atoms with Crippen LogP contribution in [-0.2, 0) is 18.4 Å². The molecule has 1 atom stereocenters. The number of benzene rings is 1. The molecule has 0 aliphatic carbocycles. The molecule has 122 valence electrons. The Balaban J connectivity index is 1.63. The second kappa shape index (κ2) is 6.54. The Hall–Kier alpha value is -2.14. The van der Waals surface area contributed by atoms with E-state index in [9.17, 15) is 4.79 Å². The van der Waals surface area contributed by atoms with Gasteiger partial charge < -0.3 is 9.88 Å². The molecule has 1 saturated heterocycles. The van der Waals surface area contributed by atoms with Gasteiger partial charge in [-0.05, 0) is 38.9 Å². The molecule has 1 fully saturated rings. The molecule has 0 radical (unpaired) electrons. The van der Waals surface area contributed by atoms with Crippen LogP contribution in [0.15, 0.2) is 30.6 Å². The summed E-state index contributed by atoms with van der Waals surface area (Å²) in [5.74, 6) is 0.136. The first-order valence-corrected chi connectivity index (χ1v) is 8.11. The van der Waals surface area contributed by atoms with E-state index in [1.165, 1.54) is 0 Å². The number of hydrogen-bond acceptors (Lipinski definition) is 3. The van der Waals surface area contributed by atoms with Crippen LogP contribution in [0.3, 0.4) is 0 Å². The van der Waals surface area contributed by atoms with Crippen molar-refractivity contribution in [3.05, 3.63) is 41.9 Å². The van der Waals surface area contributed by atoms with Crippen LogP contribution in [0, 0.1) is 6.92 Å². The molecule has 0 spiro atoms. The van der Waals surface area contributed by atoms with Crippen LogP contribution in [0.4, 0.5) is 0 Å². The monoisotopic (exact) mass is 312 g/mol.